The van der Waals surface area contributed by atoms with E-state index in [9.17, 15) is 9.59 Å². The highest BCUT2D eigenvalue weighted by Gasteiger charge is 2.30. The largest absolute Gasteiger partial charge is 0.465 e. The molecule has 1 unspecified atom stereocenters. The summed E-state index contributed by atoms with van der Waals surface area (Å²) >= 11 is 0. The Hall–Kier alpha value is -1.02. The second-order valence-corrected chi connectivity index (χ2v) is 9.58. The van der Waals surface area contributed by atoms with E-state index in [4.69, 9.17) is 10.2 Å². The van der Waals surface area contributed by atoms with Gasteiger partial charge in [0.2, 0.25) is 0 Å². The van der Waals surface area contributed by atoms with Gasteiger partial charge in [-0.3, -0.25) is 0 Å². The summed E-state index contributed by atoms with van der Waals surface area (Å²) in [5, 5.41) is 21.0. The predicted molar refractivity (Wildman–Crippen MR) is 101 cm³/mol. The molecule has 3 aliphatic heterocycles. The van der Waals surface area contributed by atoms with Gasteiger partial charge < -0.3 is 20.0 Å². The lowest BCUT2D eigenvalue weighted by molar-refractivity contribution is 0.121. The topological polar surface area (TPSA) is 81.1 Å². The third-order valence-electron chi connectivity index (χ3n) is 5.63. The van der Waals surface area contributed by atoms with Crippen LogP contribution in [0.5, 0.6) is 0 Å². The number of nitrogens with zero attached hydrogens (tertiary/aromatic N) is 2. The van der Waals surface area contributed by atoms with Gasteiger partial charge in [0.05, 0.1) is 0 Å². The monoisotopic (exact) mass is 386 g/mol. The first kappa shape index (κ1) is 18.8. The summed E-state index contributed by atoms with van der Waals surface area (Å²) in [6, 6.07) is 0. The average molecular weight is 387 g/mol. The number of carbonyl (C=O) groups is 2. The summed E-state index contributed by atoms with van der Waals surface area (Å²) in [5.41, 5.74) is 1.52. The first-order valence-electron chi connectivity index (χ1n) is 8.99. The molecule has 0 aliphatic carbocycles. The molecule has 0 radical (unpaired) electrons. The van der Waals surface area contributed by atoms with Gasteiger partial charge in [-0.1, -0.05) is 21.6 Å². The molecule has 8 heteroatoms. The number of likely N-dealkylation sites (tertiary alicyclic amines) is 2. The van der Waals surface area contributed by atoms with Crippen LogP contribution in [0.3, 0.4) is 0 Å². The van der Waals surface area contributed by atoms with Crippen LogP contribution < -0.4 is 0 Å². The second kappa shape index (κ2) is 8.58. The molecule has 2 N–H and O–H groups in total. The van der Waals surface area contributed by atoms with Crippen molar-refractivity contribution in [2.75, 3.05) is 26.2 Å². The lowest BCUT2D eigenvalue weighted by Gasteiger charge is -2.33. The number of hydrogen-bond donors (Lipinski definition) is 2. The Morgan fingerprint density at radius 2 is 1.48 bits per heavy atom. The Labute approximate surface area is 156 Å². The van der Waals surface area contributed by atoms with Gasteiger partial charge in [0.1, 0.15) is 0 Å². The van der Waals surface area contributed by atoms with Crippen LogP contribution in [0.15, 0.2) is 11.0 Å². The molecule has 0 saturated carbocycles. The van der Waals surface area contributed by atoms with Gasteiger partial charge in [0, 0.05) is 31.4 Å². The predicted octanol–water partition coefficient (Wildman–Crippen LogP) is 4.19. The minimum Gasteiger partial charge on any atom is -0.465 e. The number of amides is 2. The third kappa shape index (κ3) is 5.00. The highest BCUT2D eigenvalue weighted by molar-refractivity contribution is 8.78. The minimum atomic E-state index is -0.796. The molecule has 6 nitrogen and oxygen atoms in total. The number of rotatable bonds is 4. The van der Waals surface area contributed by atoms with E-state index in [1.807, 2.05) is 21.6 Å². The summed E-state index contributed by atoms with van der Waals surface area (Å²) in [4.78, 5) is 25.1. The molecule has 0 aromatic rings. The van der Waals surface area contributed by atoms with Crippen LogP contribution >= 0.6 is 21.6 Å². The quantitative estimate of drug-likeness (QED) is 0.705. The molecule has 0 spiro atoms. The molecule has 25 heavy (non-hydrogen) atoms. The van der Waals surface area contributed by atoms with Crippen LogP contribution in [-0.2, 0) is 0 Å². The SMILES string of the molecule is O=C(O)N1CCC(CC2=CSSC2CC2CCN(C(=O)O)CC2)CC1. The van der Waals surface area contributed by atoms with Crippen molar-refractivity contribution in [3.05, 3.63) is 11.0 Å². The van der Waals surface area contributed by atoms with Crippen LogP contribution in [0.1, 0.15) is 38.5 Å². The Balaban J connectivity index is 1.44. The minimum absolute atomic E-state index is 0.545. The van der Waals surface area contributed by atoms with Gasteiger partial charge in [-0.05, 0) is 61.3 Å². The zero-order valence-corrected chi connectivity index (χ0v) is 15.9. The maximum atomic E-state index is 11.0. The van der Waals surface area contributed by atoms with Crippen molar-refractivity contribution in [2.24, 2.45) is 11.8 Å². The lowest BCUT2D eigenvalue weighted by atomic mass is 9.85. The van der Waals surface area contributed by atoms with Crippen molar-refractivity contribution < 1.29 is 19.8 Å². The molecular weight excluding hydrogens is 360 g/mol. The Morgan fingerprint density at radius 3 is 2.00 bits per heavy atom. The van der Waals surface area contributed by atoms with E-state index in [2.05, 4.69) is 5.41 Å². The summed E-state index contributed by atoms with van der Waals surface area (Å²) in [7, 11) is 3.76. The number of piperidine rings is 2. The Kier molecular flexibility index (Phi) is 6.44. The van der Waals surface area contributed by atoms with Crippen molar-refractivity contribution in [3.63, 3.8) is 0 Å². The van der Waals surface area contributed by atoms with E-state index < -0.39 is 12.2 Å². The van der Waals surface area contributed by atoms with Crippen LogP contribution in [0.25, 0.3) is 0 Å². The van der Waals surface area contributed by atoms with Crippen LogP contribution in [-0.4, -0.2) is 63.6 Å². The highest BCUT2D eigenvalue weighted by atomic mass is 33.1. The van der Waals surface area contributed by atoms with E-state index in [-0.39, 0.29) is 0 Å². The standard InChI is InChI=1S/C17H26N2O4S2/c20-16(21)18-5-1-12(2-6-18)9-14-11-24-25-15(14)10-13-3-7-19(8-4-13)17(22)23/h11-13,15H,1-10H2,(H,20,21)(H,22,23). The van der Waals surface area contributed by atoms with Crippen LogP contribution in [0.4, 0.5) is 9.59 Å². The molecule has 140 valence electrons. The van der Waals surface area contributed by atoms with E-state index in [1.54, 1.807) is 0 Å². The maximum Gasteiger partial charge on any atom is 0.407 e. The molecule has 2 amide bonds. The van der Waals surface area contributed by atoms with Crippen molar-refractivity contribution in [3.8, 4) is 0 Å². The third-order valence-corrected chi connectivity index (χ3v) is 8.18. The zero-order valence-electron chi connectivity index (χ0n) is 14.3. The molecule has 0 aromatic heterocycles. The molecular formula is C17H26N2O4S2. The van der Waals surface area contributed by atoms with Crippen LogP contribution in [0, 0.1) is 11.8 Å². The highest BCUT2D eigenvalue weighted by Crippen LogP contribution is 2.47. The summed E-state index contributed by atoms with van der Waals surface area (Å²) < 4.78 is 0. The summed E-state index contributed by atoms with van der Waals surface area (Å²) in [6.07, 6.45) is 4.51. The number of hydrogen-bond acceptors (Lipinski definition) is 4. The van der Waals surface area contributed by atoms with Crippen molar-refractivity contribution >= 4 is 33.8 Å². The fourth-order valence-electron chi connectivity index (χ4n) is 3.99. The Morgan fingerprint density at radius 1 is 0.960 bits per heavy atom. The molecule has 3 heterocycles. The average Bonchev–Trinajstić information content (AvgIpc) is 3.02. The van der Waals surface area contributed by atoms with Gasteiger partial charge in [0.25, 0.3) is 0 Å². The van der Waals surface area contributed by atoms with E-state index in [0.29, 0.717) is 43.3 Å². The maximum absolute atomic E-state index is 11.0. The first-order valence-corrected chi connectivity index (χ1v) is 11.3. The van der Waals surface area contributed by atoms with Gasteiger partial charge in [0.15, 0.2) is 0 Å². The van der Waals surface area contributed by atoms with Gasteiger partial charge in [-0.15, -0.1) is 0 Å². The first-order chi connectivity index (χ1) is 12.0. The Bertz CT molecular complexity index is 527. The molecule has 3 rings (SSSR count). The zero-order chi connectivity index (χ0) is 17.8. The molecule has 0 aromatic carbocycles. The molecule has 2 saturated heterocycles. The lowest BCUT2D eigenvalue weighted by Crippen LogP contribution is -2.38. The molecule has 0 bridgehead atoms. The van der Waals surface area contributed by atoms with Crippen molar-refractivity contribution in [1.29, 1.82) is 0 Å². The van der Waals surface area contributed by atoms with E-state index in [1.165, 1.54) is 15.4 Å². The van der Waals surface area contributed by atoms with E-state index >= 15 is 0 Å². The molecule has 1 atom stereocenters. The van der Waals surface area contributed by atoms with Crippen molar-refractivity contribution in [1.82, 2.24) is 9.80 Å². The van der Waals surface area contributed by atoms with Crippen molar-refractivity contribution in [2.45, 2.75) is 43.8 Å². The second-order valence-electron chi connectivity index (χ2n) is 7.24. The fraction of sp³-hybridized carbons (Fsp3) is 0.765. The fourth-order valence-corrected chi connectivity index (χ4v) is 6.83. The summed E-state index contributed by atoms with van der Waals surface area (Å²) in [6.45, 7) is 2.65. The normalized spacial score (nSPS) is 25.9. The van der Waals surface area contributed by atoms with Gasteiger partial charge >= 0.3 is 12.2 Å². The van der Waals surface area contributed by atoms with E-state index in [0.717, 1.165) is 38.5 Å². The van der Waals surface area contributed by atoms with Gasteiger partial charge in [-0.25, -0.2) is 9.59 Å². The number of carboxylic acid groups (broad SMARTS) is 2. The smallest absolute Gasteiger partial charge is 0.407 e. The van der Waals surface area contributed by atoms with Crippen LogP contribution in [0.2, 0.25) is 0 Å². The van der Waals surface area contributed by atoms with Gasteiger partial charge in [-0.2, -0.15) is 0 Å². The molecule has 2 fully saturated rings. The molecule has 3 aliphatic rings. The summed E-state index contributed by atoms with van der Waals surface area (Å²) in [5.74, 6) is 1.21.